The number of pyridine rings is 2. The highest BCUT2D eigenvalue weighted by atomic mass is 32.1. The number of carbonyl (C=O) groups excluding carboxylic acids is 3. The van der Waals surface area contributed by atoms with E-state index in [-0.39, 0.29) is 34.8 Å². The number of carbonyl (C=O) groups is 3. The molecule has 1 aliphatic carbocycles. The molecule has 21 heteroatoms. The molecule has 5 aromatic rings. The molecule has 2 aliphatic rings. The first-order valence-electron chi connectivity index (χ1n) is 25.2. The van der Waals surface area contributed by atoms with Crippen LogP contribution < -0.4 is 31.3 Å². The minimum Gasteiger partial charge on any atom is -0.383 e. The van der Waals surface area contributed by atoms with E-state index >= 15 is 0 Å². The van der Waals surface area contributed by atoms with E-state index in [1.165, 1.54) is 18.3 Å². The number of piperazine rings is 1. The third-order valence-electron chi connectivity index (χ3n) is 13.1. The van der Waals surface area contributed by atoms with Crippen molar-refractivity contribution in [2.75, 3.05) is 139 Å². The fourth-order valence-electron chi connectivity index (χ4n) is 8.92. The molecule has 0 unspecified atom stereocenters. The summed E-state index contributed by atoms with van der Waals surface area (Å²) in [6.45, 7) is 18.0. The second kappa shape index (κ2) is 27.4. The van der Waals surface area contributed by atoms with E-state index in [9.17, 15) is 19.2 Å². The molecule has 1 aromatic carbocycles. The normalized spacial score (nSPS) is 14.2. The third-order valence-corrected chi connectivity index (χ3v) is 14.1. The Labute approximate surface area is 431 Å². The highest BCUT2D eigenvalue weighted by Crippen LogP contribution is 2.33. The number of thiazole rings is 1. The maximum atomic E-state index is 13.7. The highest BCUT2D eigenvalue weighted by Gasteiger charge is 2.27. The van der Waals surface area contributed by atoms with Crippen molar-refractivity contribution in [2.45, 2.75) is 66.3 Å². The van der Waals surface area contributed by atoms with Gasteiger partial charge in [0.15, 0.2) is 10.9 Å². The lowest BCUT2D eigenvalue weighted by molar-refractivity contribution is -0.122. The van der Waals surface area contributed by atoms with Crippen LogP contribution in [0.25, 0.3) is 11.0 Å². The Balaban J connectivity index is 0.669. The van der Waals surface area contributed by atoms with Gasteiger partial charge in [-0.3, -0.25) is 38.9 Å². The van der Waals surface area contributed by atoms with Crippen molar-refractivity contribution >= 4 is 68.2 Å². The van der Waals surface area contributed by atoms with Crippen molar-refractivity contribution in [1.29, 1.82) is 0 Å². The van der Waals surface area contributed by atoms with Crippen LogP contribution in [0, 0.1) is 27.7 Å². The number of fused-ring (bicyclic) bond motifs is 1. The zero-order chi connectivity index (χ0) is 51.7. The lowest BCUT2D eigenvalue weighted by Crippen LogP contribution is -2.49. The first kappa shape index (κ1) is 54.8. The fourth-order valence-corrected chi connectivity index (χ4v) is 9.73. The average Bonchev–Trinajstić information content (AvgIpc) is 4.02. The number of anilines is 5. The zero-order valence-electron chi connectivity index (χ0n) is 43.1. The van der Waals surface area contributed by atoms with Gasteiger partial charge in [0.1, 0.15) is 11.5 Å². The van der Waals surface area contributed by atoms with Gasteiger partial charge in [-0.15, -0.1) is 11.3 Å². The number of Topliss-reactive ketones (excluding diaryl/α,β-unsaturated/α-hetero) is 1. The number of rotatable bonds is 28. The minimum absolute atomic E-state index is 0.000182. The molecule has 394 valence electrons. The molecule has 0 bridgehead atoms. The predicted octanol–water partition coefficient (Wildman–Crippen LogP) is 5.65. The van der Waals surface area contributed by atoms with Crippen molar-refractivity contribution < 1.29 is 38.1 Å². The van der Waals surface area contributed by atoms with Crippen LogP contribution >= 0.6 is 11.3 Å². The molecule has 0 spiro atoms. The van der Waals surface area contributed by atoms with E-state index in [2.05, 4.69) is 35.7 Å². The average molecular weight is 1030 g/mol. The number of nitrogens with zero attached hydrogens (tertiary/aromatic N) is 8. The molecule has 73 heavy (non-hydrogen) atoms. The molecule has 7 rings (SSSR count). The molecule has 3 N–H and O–H groups in total. The van der Waals surface area contributed by atoms with Crippen LogP contribution in [0.4, 0.5) is 28.3 Å². The van der Waals surface area contributed by atoms with E-state index in [0.717, 1.165) is 79.4 Å². The van der Waals surface area contributed by atoms with E-state index in [1.54, 1.807) is 22.6 Å². The van der Waals surface area contributed by atoms with Gasteiger partial charge in [-0.05, 0) is 88.9 Å². The maximum Gasteiger partial charge on any atom is 0.263 e. The van der Waals surface area contributed by atoms with Crippen molar-refractivity contribution in [3.05, 3.63) is 85.9 Å². The summed E-state index contributed by atoms with van der Waals surface area (Å²) in [5, 5.41) is 10.5. The second-order valence-electron chi connectivity index (χ2n) is 18.3. The summed E-state index contributed by atoms with van der Waals surface area (Å²) in [5.74, 6) is 0.618. The fraction of sp³-hybridized carbons (Fsp3) is 0.538. The van der Waals surface area contributed by atoms with Gasteiger partial charge < -0.3 is 39.2 Å². The van der Waals surface area contributed by atoms with Crippen molar-refractivity contribution in [3.63, 3.8) is 0 Å². The van der Waals surface area contributed by atoms with Gasteiger partial charge in [0, 0.05) is 80.1 Å². The Morgan fingerprint density at radius 2 is 1.42 bits per heavy atom. The Bertz CT molecular complexity index is 2670. The summed E-state index contributed by atoms with van der Waals surface area (Å²) in [7, 11) is 1.85. The van der Waals surface area contributed by atoms with Gasteiger partial charge in [0.05, 0.1) is 95.8 Å². The van der Waals surface area contributed by atoms with Crippen LogP contribution in [0.1, 0.15) is 81.1 Å². The molecule has 2 amide bonds. The number of ether oxygens (including phenoxy) is 5. The number of aromatic nitrogens is 5. The van der Waals surface area contributed by atoms with Crippen molar-refractivity contribution in [1.82, 2.24) is 34.7 Å². The zero-order valence-corrected chi connectivity index (χ0v) is 43.9. The smallest absolute Gasteiger partial charge is 0.263 e. The Morgan fingerprint density at radius 3 is 2.01 bits per heavy atom. The van der Waals surface area contributed by atoms with Crippen LogP contribution in [0.15, 0.2) is 47.5 Å². The number of benzene rings is 1. The summed E-state index contributed by atoms with van der Waals surface area (Å²) >= 11 is 1.47. The van der Waals surface area contributed by atoms with Gasteiger partial charge >= 0.3 is 0 Å². The lowest BCUT2D eigenvalue weighted by Gasteiger charge is -2.35. The molecule has 0 atom stereocenters. The number of hydrogen-bond acceptors (Lipinski definition) is 18. The number of aryl methyl sites for hydroxylation is 4. The lowest BCUT2D eigenvalue weighted by atomic mass is 10.0. The first-order valence-corrected chi connectivity index (χ1v) is 26.0. The minimum atomic E-state index is -0.276. The van der Waals surface area contributed by atoms with Crippen LogP contribution in [0.2, 0.25) is 0 Å². The van der Waals surface area contributed by atoms with E-state index in [4.69, 9.17) is 33.7 Å². The van der Waals surface area contributed by atoms with Gasteiger partial charge in [-0.1, -0.05) is 12.8 Å². The summed E-state index contributed by atoms with van der Waals surface area (Å²) in [5.41, 5.74) is 5.41. The summed E-state index contributed by atoms with van der Waals surface area (Å²) in [4.78, 5) is 77.5. The van der Waals surface area contributed by atoms with Crippen LogP contribution in [0.3, 0.4) is 0 Å². The molecule has 5 heterocycles. The second-order valence-corrected chi connectivity index (χ2v) is 19.5. The number of hydrogen-bond donors (Lipinski definition) is 3. The van der Waals surface area contributed by atoms with Crippen LogP contribution in [-0.2, 0) is 28.5 Å². The molecule has 4 aromatic heterocycles. The molecular weight excluding hydrogens is 955 g/mol. The van der Waals surface area contributed by atoms with E-state index < -0.39 is 0 Å². The number of amides is 2. The molecule has 1 saturated heterocycles. The van der Waals surface area contributed by atoms with Crippen molar-refractivity contribution in [2.24, 2.45) is 0 Å². The third kappa shape index (κ3) is 15.3. The number of nitrogens with one attached hydrogen (secondary N) is 3. The van der Waals surface area contributed by atoms with Crippen LogP contribution in [-0.4, -0.2) is 166 Å². The number of ketones is 1. The molecule has 2 fully saturated rings. The Hall–Kier alpha value is -5.94. The summed E-state index contributed by atoms with van der Waals surface area (Å²) in [6.07, 6.45) is 7.37. The van der Waals surface area contributed by atoms with E-state index in [1.807, 2.05) is 64.3 Å². The van der Waals surface area contributed by atoms with Crippen molar-refractivity contribution in [3.8, 4) is 0 Å². The van der Waals surface area contributed by atoms with Gasteiger partial charge in [0.25, 0.3) is 11.5 Å². The monoisotopic (exact) mass is 1030 g/mol. The predicted molar refractivity (Wildman–Crippen MR) is 283 cm³/mol. The molecule has 1 saturated carbocycles. The SMILES string of the molecule is CC(=O)c1c(C)c2cnc(N(C)c3ccc(N4CCN(CC(=O)NCCOCCOCCOCCOCCOCCNc5ccc(C(=O)Nc6nc(C)c(C)s6)c(C)c5)CC4)cn3)nc2n(C2CCCC2)c1=O. The standard InChI is InChI=1S/C52H71N11O9S/c1-35-31-40(11-13-43(35)49(66)59-52-57-37(3)39(5)73-52)53-15-21-68-23-25-70-27-29-72-30-28-71-26-24-69-22-16-54-46(65)34-61-17-19-62(20-18-61)42-12-14-45(55-32-42)60(6)51-56-33-44-36(2)47(38(4)64)50(67)63(48(44)58-51)41-9-7-8-10-41/h11-14,31-33,41,53H,7-10,15-30,34H2,1-6H3,(H,54,65)(H,57,59,66). The topological polar surface area (TPSA) is 217 Å². The van der Waals surface area contributed by atoms with Gasteiger partial charge in [-0.25, -0.2) is 15.0 Å². The summed E-state index contributed by atoms with van der Waals surface area (Å²) in [6, 6.07) is 9.61. The largest absolute Gasteiger partial charge is 0.383 e. The van der Waals surface area contributed by atoms with Gasteiger partial charge in [0.2, 0.25) is 11.9 Å². The molecular formula is C52H71N11O9S. The van der Waals surface area contributed by atoms with Gasteiger partial charge in [-0.2, -0.15) is 4.98 Å². The summed E-state index contributed by atoms with van der Waals surface area (Å²) < 4.78 is 29.8. The molecule has 1 aliphatic heterocycles. The quantitative estimate of drug-likeness (QED) is 0.0408. The maximum absolute atomic E-state index is 13.7. The molecule has 0 radical (unpaired) electrons. The van der Waals surface area contributed by atoms with E-state index in [0.29, 0.717) is 125 Å². The first-order chi connectivity index (χ1) is 35.4. The Kier molecular flexibility index (Phi) is 20.6. The highest BCUT2D eigenvalue weighted by molar-refractivity contribution is 7.15. The molecule has 20 nitrogen and oxygen atoms in total. The Morgan fingerprint density at radius 1 is 0.781 bits per heavy atom. The van der Waals surface area contributed by atoms with Crippen LogP contribution in [0.5, 0.6) is 0 Å².